The van der Waals surface area contributed by atoms with Gasteiger partial charge in [0.05, 0.1) is 31.4 Å². The number of carbonyl (C=O) groups is 1. The van der Waals surface area contributed by atoms with Crippen molar-refractivity contribution in [3.8, 4) is 11.5 Å². The monoisotopic (exact) mass is 355 g/mol. The average molecular weight is 355 g/mol. The van der Waals surface area contributed by atoms with Gasteiger partial charge >= 0.3 is 0 Å². The third kappa shape index (κ3) is 3.21. The summed E-state index contributed by atoms with van der Waals surface area (Å²) in [5, 5.41) is 11.0. The van der Waals surface area contributed by atoms with E-state index in [9.17, 15) is 14.9 Å². The van der Waals surface area contributed by atoms with Crippen molar-refractivity contribution in [1.29, 1.82) is 0 Å². The van der Waals surface area contributed by atoms with Gasteiger partial charge < -0.3 is 14.4 Å². The van der Waals surface area contributed by atoms with Gasteiger partial charge in [-0.15, -0.1) is 0 Å². The molecule has 3 rings (SSSR count). The molecule has 0 fully saturated rings. The standard InChI is InChI=1S/C18H17N3O5/c1-25-16-6-3-12(10-17(16)26-2)18(22)20-8-7-19-11-13-9-14(21(23)24)4-5-15(13)20/h3-6,9-11H,7-8H2,1-2H3. The van der Waals surface area contributed by atoms with Crippen molar-refractivity contribution in [2.75, 3.05) is 32.2 Å². The number of anilines is 1. The van der Waals surface area contributed by atoms with E-state index in [-0.39, 0.29) is 11.6 Å². The summed E-state index contributed by atoms with van der Waals surface area (Å²) < 4.78 is 10.4. The smallest absolute Gasteiger partial charge is 0.270 e. The third-order valence-electron chi connectivity index (χ3n) is 4.07. The summed E-state index contributed by atoms with van der Waals surface area (Å²) >= 11 is 0. The number of carbonyl (C=O) groups excluding carboxylic acids is 1. The molecule has 0 saturated carbocycles. The lowest BCUT2D eigenvalue weighted by Crippen LogP contribution is -2.33. The van der Waals surface area contributed by atoms with Gasteiger partial charge in [-0.1, -0.05) is 0 Å². The van der Waals surface area contributed by atoms with Crippen LogP contribution in [0, 0.1) is 10.1 Å². The van der Waals surface area contributed by atoms with E-state index in [4.69, 9.17) is 9.47 Å². The number of hydrogen-bond acceptors (Lipinski definition) is 6. The maximum absolute atomic E-state index is 13.0. The molecule has 134 valence electrons. The summed E-state index contributed by atoms with van der Waals surface area (Å²) in [4.78, 5) is 29.3. The number of aliphatic imine (C=N–C) groups is 1. The molecule has 1 heterocycles. The maximum Gasteiger partial charge on any atom is 0.270 e. The van der Waals surface area contributed by atoms with Crippen molar-refractivity contribution in [3.05, 3.63) is 57.6 Å². The van der Waals surface area contributed by atoms with Gasteiger partial charge in [0, 0.05) is 36.0 Å². The van der Waals surface area contributed by atoms with E-state index in [1.54, 1.807) is 35.4 Å². The second-order valence-electron chi connectivity index (χ2n) is 5.56. The lowest BCUT2D eigenvalue weighted by atomic mass is 10.1. The number of nitro benzene ring substituents is 1. The quantitative estimate of drug-likeness (QED) is 0.621. The van der Waals surface area contributed by atoms with Crippen LogP contribution in [0.4, 0.5) is 11.4 Å². The van der Waals surface area contributed by atoms with Crippen LogP contribution in [0.1, 0.15) is 15.9 Å². The average Bonchev–Trinajstić information content (AvgIpc) is 2.88. The van der Waals surface area contributed by atoms with Gasteiger partial charge in [-0.25, -0.2) is 0 Å². The normalized spacial score (nSPS) is 12.9. The summed E-state index contributed by atoms with van der Waals surface area (Å²) in [7, 11) is 3.02. The Labute approximate surface area is 149 Å². The van der Waals surface area contributed by atoms with Gasteiger partial charge in [0.1, 0.15) is 0 Å². The number of nitrogens with zero attached hydrogens (tertiary/aromatic N) is 3. The number of benzodiazepines with no additional fused rings is 1. The van der Waals surface area contributed by atoms with Crippen LogP contribution < -0.4 is 14.4 Å². The summed E-state index contributed by atoms with van der Waals surface area (Å²) in [6.45, 7) is 0.774. The highest BCUT2D eigenvalue weighted by molar-refractivity contribution is 6.09. The molecule has 8 heteroatoms. The maximum atomic E-state index is 13.0. The van der Waals surface area contributed by atoms with Crippen molar-refractivity contribution in [1.82, 2.24) is 0 Å². The second-order valence-corrected chi connectivity index (χ2v) is 5.56. The summed E-state index contributed by atoms with van der Waals surface area (Å²) in [5.41, 5.74) is 1.49. The van der Waals surface area contributed by atoms with Gasteiger partial charge in [-0.3, -0.25) is 19.9 Å². The minimum atomic E-state index is -0.473. The summed E-state index contributed by atoms with van der Waals surface area (Å²) in [6.07, 6.45) is 1.56. The zero-order valence-electron chi connectivity index (χ0n) is 14.3. The fourth-order valence-electron chi connectivity index (χ4n) is 2.78. The minimum Gasteiger partial charge on any atom is -0.493 e. The zero-order valence-corrected chi connectivity index (χ0v) is 14.3. The Morgan fingerprint density at radius 2 is 1.92 bits per heavy atom. The SMILES string of the molecule is COc1ccc(C(=O)N2CCN=Cc3cc([N+](=O)[O-])ccc32)cc1OC. The van der Waals surface area contributed by atoms with Crippen LogP contribution in [-0.2, 0) is 0 Å². The van der Waals surface area contributed by atoms with Crippen LogP contribution in [-0.4, -0.2) is 44.4 Å². The molecule has 1 aliphatic rings. The highest BCUT2D eigenvalue weighted by atomic mass is 16.6. The number of rotatable bonds is 4. The van der Waals surface area contributed by atoms with Crippen molar-refractivity contribution < 1.29 is 19.2 Å². The number of amides is 1. The van der Waals surface area contributed by atoms with Crippen LogP contribution >= 0.6 is 0 Å². The highest BCUT2D eigenvalue weighted by Crippen LogP contribution is 2.31. The van der Waals surface area contributed by atoms with E-state index in [1.807, 2.05) is 0 Å². The molecule has 0 N–H and O–H groups in total. The number of hydrogen-bond donors (Lipinski definition) is 0. The Morgan fingerprint density at radius 3 is 2.62 bits per heavy atom. The molecule has 0 aliphatic carbocycles. The first-order chi connectivity index (χ1) is 12.5. The molecule has 0 bridgehead atoms. The molecule has 8 nitrogen and oxygen atoms in total. The van der Waals surface area contributed by atoms with Crippen molar-refractivity contribution in [2.24, 2.45) is 4.99 Å². The summed E-state index contributed by atoms with van der Waals surface area (Å²) in [5.74, 6) is 0.735. The number of methoxy groups -OCH3 is 2. The molecule has 2 aromatic rings. The van der Waals surface area contributed by atoms with E-state index >= 15 is 0 Å². The lowest BCUT2D eigenvalue weighted by molar-refractivity contribution is -0.384. The van der Waals surface area contributed by atoms with E-state index < -0.39 is 4.92 Å². The topological polar surface area (TPSA) is 94.3 Å². The first-order valence-electron chi connectivity index (χ1n) is 7.87. The molecule has 1 aliphatic heterocycles. The van der Waals surface area contributed by atoms with Gasteiger partial charge in [-0.2, -0.15) is 0 Å². The molecule has 0 aromatic heterocycles. The number of non-ortho nitro benzene ring substituents is 1. The van der Waals surface area contributed by atoms with Crippen LogP contribution in [0.2, 0.25) is 0 Å². The second kappa shape index (κ2) is 7.22. The van der Waals surface area contributed by atoms with Gasteiger partial charge in [0.15, 0.2) is 11.5 Å². The summed E-state index contributed by atoms with van der Waals surface area (Å²) in [6, 6.07) is 9.30. The van der Waals surface area contributed by atoms with Gasteiger partial charge in [0.25, 0.3) is 11.6 Å². The van der Waals surface area contributed by atoms with E-state index in [1.165, 1.54) is 26.4 Å². The van der Waals surface area contributed by atoms with Gasteiger partial charge in [0.2, 0.25) is 0 Å². The molecule has 0 unspecified atom stereocenters. The van der Waals surface area contributed by atoms with Crippen LogP contribution in [0.25, 0.3) is 0 Å². The molecule has 0 radical (unpaired) electrons. The Morgan fingerprint density at radius 1 is 1.15 bits per heavy atom. The predicted octanol–water partition coefficient (Wildman–Crippen LogP) is 2.69. The van der Waals surface area contributed by atoms with Crippen LogP contribution in [0.15, 0.2) is 41.4 Å². The molecule has 0 spiro atoms. The number of ether oxygens (including phenoxy) is 2. The van der Waals surface area contributed by atoms with Crippen LogP contribution in [0.5, 0.6) is 11.5 Å². The first kappa shape index (κ1) is 17.4. The van der Waals surface area contributed by atoms with Crippen molar-refractivity contribution in [2.45, 2.75) is 0 Å². The molecular weight excluding hydrogens is 338 g/mol. The predicted molar refractivity (Wildman–Crippen MR) is 96.8 cm³/mol. The van der Waals surface area contributed by atoms with Crippen LogP contribution in [0.3, 0.4) is 0 Å². The fourth-order valence-corrected chi connectivity index (χ4v) is 2.78. The zero-order chi connectivity index (χ0) is 18.7. The van der Waals surface area contributed by atoms with Crippen molar-refractivity contribution in [3.63, 3.8) is 0 Å². The first-order valence-corrected chi connectivity index (χ1v) is 7.87. The van der Waals surface area contributed by atoms with E-state index in [0.29, 0.717) is 41.4 Å². The Bertz CT molecular complexity index is 894. The number of benzene rings is 2. The van der Waals surface area contributed by atoms with Crippen molar-refractivity contribution >= 4 is 23.5 Å². The fraction of sp³-hybridized carbons (Fsp3) is 0.222. The number of nitro groups is 1. The largest absolute Gasteiger partial charge is 0.493 e. The molecule has 2 aromatic carbocycles. The van der Waals surface area contributed by atoms with E-state index in [0.717, 1.165) is 0 Å². The molecular formula is C18H17N3O5. The minimum absolute atomic E-state index is 0.0457. The highest BCUT2D eigenvalue weighted by Gasteiger charge is 2.24. The molecule has 1 amide bonds. The Kier molecular flexibility index (Phi) is 4.83. The molecule has 26 heavy (non-hydrogen) atoms. The molecule has 0 saturated heterocycles. The van der Waals surface area contributed by atoms with Gasteiger partial charge in [-0.05, 0) is 24.3 Å². The Balaban J connectivity index is 2.00. The Hall–Kier alpha value is -3.42. The molecule has 0 atom stereocenters. The van der Waals surface area contributed by atoms with E-state index in [2.05, 4.69) is 4.99 Å². The number of fused-ring (bicyclic) bond motifs is 1. The third-order valence-corrected chi connectivity index (χ3v) is 4.07. The lowest BCUT2D eigenvalue weighted by Gasteiger charge is -2.22.